The van der Waals surface area contributed by atoms with Gasteiger partial charge in [0.15, 0.2) is 5.43 Å². The molecule has 2 aromatic heterocycles. The number of aryl methyl sites for hydroxylation is 1. The van der Waals surface area contributed by atoms with Gasteiger partial charge in [0.2, 0.25) is 0 Å². The van der Waals surface area contributed by atoms with E-state index in [0.717, 1.165) is 68.6 Å². The Morgan fingerprint density at radius 2 is 1.88 bits per heavy atom. The third kappa shape index (κ3) is 4.75. The Hall–Kier alpha value is -2.90. The van der Waals surface area contributed by atoms with Gasteiger partial charge in [0, 0.05) is 87.9 Å². The molecule has 0 aliphatic carbocycles. The van der Waals surface area contributed by atoms with Crippen LogP contribution >= 0.6 is 0 Å². The van der Waals surface area contributed by atoms with E-state index in [1.165, 1.54) is 11.4 Å². The Balaban J connectivity index is 1.30. The smallest absolute Gasteiger partial charge is 0.193 e. The number of rotatable bonds is 5. The number of aromatic nitrogens is 2. The van der Waals surface area contributed by atoms with Crippen molar-refractivity contribution in [2.45, 2.75) is 25.4 Å². The number of hydrogen-bond acceptors (Lipinski definition) is 6. The second-order valence-electron chi connectivity index (χ2n) is 9.46. The highest BCUT2D eigenvalue weighted by molar-refractivity contribution is 5.83. The van der Waals surface area contributed by atoms with Gasteiger partial charge in [0.25, 0.3) is 0 Å². The highest BCUT2D eigenvalue weighted by Crippen LogP contribution is 2.22. The zero-order valence-electron chi connectivity index (χ0n) is 19.7. The molecule has 5 rings (SSSR count). The summed E-state index contributed by atoms with van der Waals surface area (Å²) >= 11 is 0. The van der Waals surface area contributed by atoms with Crippen molar-refractivity contribution in [3.8, 4) is 0 Å². The molecule has 1 atom stereocenters. The van der Waals surface area contributed by atoms with E-state index in [2.05, 4.69) is 54.8 Å². The van der Waals surface area contributed by atoms with Crippen molar-refractivity contribution >= 4 is 22.3 Å². The Bertz CT molecular complexity index is 1150. The zero-order valence-corrected chi connectivity index (χ0v) is 19.7. The minimum absolute atomic E-state index is 0.139. The Morgan fingerprint density at radius 3 is 2.67 bits per heavy atom. The van der Waals surface area contributed by atoms with Gasteiger partial charge in [-0.15, -0.1) is 0 Å². The summed E-state index contributed by atoms with van der Waals surface area (Å²) in [5.74, 6) is 0. The molecule has 0 amide bonds. The maximum Gasteiger partial charge on any atom is 0.193 e. The molecule has 0 radical (unpaired) electrons. The van der Waals surface area contributed by atoms with Crippen LogP contribution in [0.2, 0.25) is 0 Å². The summed E-state index contributed by atoms with van der Waals surface area (Å²) in [6.07, 6.45) is 8.01. The van der Waals surface area contributed by atoms with E-state index in [1.807, 2.05) is 37.8 Å². The van der Waals surface area contributed by atoms with Gasteiger partial charge in [-0.2, -0.15) is 0 Å². The van der Waals surface area contributed by atoms with Crippen LogP contribution in [0.5, 0.6) is 0 Å². The molecule has 7 nitrogen and oxygen atoms in total. The first-order valence-corrected chi connectivity index (χ1v) is 12.0. The Kier molecular flexibility index (Phi) is 6.33. The summed E-state index contributed by atoms with van der Waals surface area (Å²) < 4.78 is 2.11. The lowest BCUT2D eigenvalue weighted by Gasteiger charge is -2.34. The lowest BCUT2D eigenvalue weighted by Crippen LogP contribution is -2.46. The molecular formula is C26H34N6O. The molecule has 2 aliphatic rings. The van der Waals surface area contributed by atoms with Gasteiger partial charge >= 0.3 is 0 Å². The molecule has 174 valence electrons. The maximum absolute atomic E-state index is 13.3. The molecular weight excluding hydrogens is 412 g/mol. The molecule has 33 heavy (non-hydrogen) atoms. The van der Waals surface area contributed by atoms with Crippen molar-refractivity contribution in [2.24, 2.45) is 7.05 Å². The molecule has 4 heterocycles. The first-order chi connectivity index (χ1) is 16.1. The largest absolute Gasteiger partial charge is 0.369 e. The predicted octanol–water partition coefficient (Wildman–Crippen LogP) is 2.44. The number of hydrogen-bond donors (Lipinski definition) is 1. The number of pyridine rings is 2. The second kappa shape index (κ2) is 9.53. The molecule has 7 heteroatoms. The molecule has 1 aromatic carbocycles. The number of benzene rings is 1. The average Bonchev–Trinajstić information content (AvgIpc) is 2.86. The zero-order chi connectivity index (χ0) is 22.8. The van der Waals surface area contributed by atoms with Gasteiger partial charge < -0.3 is 24.6 Å². The summed E-state index contributed by atoms with van der Waals surface area (Å²) in [6, 6.07) is 10.8. The summed E-state index contributed by atoms with van der Waals surface area (Å²) in [6.45, 7) is 6.77. The molecule has 2 saturated heterocycles. The third-order valence-corrected chi connectivity index (χ3v) is 7.13. The fraction of sp³-hybridized carbons (Fsp3) is 0.462. The fourth-order valence-electron chi connectivity index (χ4n) is 5.10. The standard InChI is InChI=1S/C26H34N6O/c1-29-11-13-31(14-12-29)22-7-8-24-25(15-22)30(2)18-20(26(24)33)16-28-21-5-4-10-32(19-21)23-6-3-9-27-17-23/h3,6-9,15,17-18,21,28H,4-5,10-14,16,19H2,1-2H3/t21-/m0/s1. The number of nitrogens with one attached hydrogen (secondary N) is 1. The van der Waals surface area contributed by atoms with Crippen molar-refractivity contribution in [2.75, 3.05) is 56.1 Å². The molecule has 0 saturated carbocycles. The van der Waals surface area contributed by atoms with Crippen LogP contribution in [0, 0.1) is 0 Å². The molecule has 2 fully saturated rings. The number of likely N-dealkylation sites (N-methyl/N-ethyl adjacent to an activating group) is 1. The topological polar surface area (TPSA) is 56.6 Å². The van der Waals surface area contributed by atoms with Crippen LogP contribution in [-0.2, 0) is 13.6 Å². The van der Waals surface area contributed by atoms with E-state index in [9.17, 15) is 4.79 Å². The quantitative estimate of drug-likeness (QED) is 0.650. The predicted molar refractivity (Wildman–Crippen MR) is 135 cm³/mol. The van der Waals surface area contributed by atoms with Gasteiger partial charge in [0.05, 0.1) is 17.4 Å². The normalized spacial score (nSPS) is 19.9. The summed E-state index contributed by atoms with van der Waals surface area (Å²) in [4.78, 5) is 24.7. The van der Waals surface area contributed by atoms with Crippen LogP contribution in [0.4, 0.5) is 11.4 Å². The van der Waals surface area contributed by atoms with E-state index in [0.29, 0.717) is 12.6 Å². The fourth-order valence-corrected chi connectivity index (χ4v) is 5.10. The van der Waals surface area contributed by atoms with E-state index in [1.54, 1.807) is 0 Å². The van der Waals surface area contributed by atoms with Crippen molar-refractivity contribution in [3.63, 3.8) is 0 Å². The van der Waals surface area contributed by atoms with Gasteiger partial charge in [-0.1, -0.05) is 0 Å². The van der Waals surface area contributed by atoms with Gasteiger partial charge in [0.1, 0.15) is 0 Å². The summed E-state index contributed by atoms with van der Waals surface area (Å²) in [5, 5.41) is 4.45. The van der Waals surface area contributed by atoms with Crippen molar-refractivity contribution in [3.05, 3.63) is 64.7 Å². The number of piperazine rings is 1. The SMILES string of the molecule is CN1CCN(c2ccc3c(=O)c(CN[C@H]4CCCN(c5cccnc5)C4)cn(C)c3c2)CC1. The number of nitrogens with zero attached hydrogens (tertiary/aromatic N) is 5. The van der Waals surface area contributed by atoms with E-state index in [4.69, 9.17) is 0 Å². The second-order valence-corrected chi connectivity index (χ2v) is 9.46. The van der Waals surface area contributed by atoms with Crippen LogP contribution in [0.1, 0.15) is 18.4 Å². The molecule has 0 bridgehead atoms. The van der Waals surface area contributed by atoms with Crippen molar-refractivity contribution < 1.29 is 0 Å². The van der Waals surface area contributed by atoms with Crippen molar-refractivity contribution in [1.29, 1.82) is 0 Å². The van der Waals surface area contributed by atoms with Crippen LogP contribution in [0.3, 0.4) is 0 Å². The minimum Gasteiger partial charge on any atom is -0.369 e. The summed E-state index contributed by atoms with van der Waals surface area (Å²) in [5.41, 5.74) is 4.34. The third-order valence-electron chi connectivity index (χ3n) is 7.13. The van der Waals surface area contributed by atoms with Crippen LogP contribution in [-0.4, -0.2) is 66.8 Å². The molecule has 0 unspecified atom stereocenters. The Morgan fingerprint density at radius 1 is 1.03 bits per heavy atom. The lowest BCUT2D eigenvalue weighted by atomic mass is 10.0. The van der Waals surface area contributed by atoms with Crippen LogP contribution in [0.25, 0.3) is 10.9 Å². The van der Waals surface area contributed by atoms with Crippen LogP contribution < -0.4 is 20.5 Å². The molecule has 0 spiro atoms. The van der Waals surface area contributed by atoms with E-state index < -0.39 is 0 Å². The van der Waals surface area contributed by atoms with Gasteiger partial charge in [-0.05, 0) is 50.2 Å². The highest BCUT2D eigenvalue weighted by Gasteiger charge is 2.21. The van der Waals surface area contributed by atoms with E-state index in [-0.39, 0.29) is 5.43 Å². The average molecular weight is 447 g/mol. The van der Waals surface area contributed by atoms with E-state index >= 15 is 0 Å². The monoisotopic (exact) mass is 446 g/mol. The Labute approximate surface area is 195 Å². The van der Waals surface area contributed by atoms with Crippen molar-refractivity contribution in [1.82, 2.24) is 19.8 Å². The molecule has 2 aliphatic heterocycles. The molecule has 1 N–H and O–H groups in total. The summed E-state index contributed by atoms with van der Waals surface area (Å²) in [7, 11) is 4.21. The molecule has 3 aromatic rings. The first-order valence-electron chi connectivity index (χ1n) is 12.0. The van der Waals surface area contributed by atoms with Gasteiger partial charge in [-0.25, -0.2) is 0 Å². The maximum atomic E-state index is 13.3. The van der Waals surface area contributed by atoms with Crippen LogP contribution in [0.15, 0.2) is 53.7 Å². The number of anilines is 2. The minimum atomic E-state index is 0.139. The first kappa shape index (κ1) is 21.9. The number of fused-ring (bicyclic) bond motifs is 1. The van der Waals surface area contributed by atoms with Gasteiger partial charge in [-0.3, -0.25) is 9.78 Å². The number of piperidine rings is 1. The highest BCUT2D eigenvalue weighted by atomic mass is 16.1. The lowest BCUT2D eigenvalue weighted by molar-refractivity contribution is 0.313.